The van der Waals surface area contributed by atoms with Crippen molar-refractivity contribution in [3.05, 3.63) is 69.9 Å². The molecule has 0 bridgehead atoms. The molecular weight excluding hydrogens is 358 g/mol. The predicted molar refractivity (Wildman–Crippen MR) is 111 cm³/mol. The summed E-state index contributed by atoms with van der Waals surface area (Å²) >= 11 is 5.96. The fourth-order valence-electron chi connectivity index (χ4n) is 3.99. The van der Waals surface area contributed by atoms with Gasteiger partial charge in [-0.15, -0.1) is 0 Å². The monoisotopic (exact) mass is 381 g/mol. The van der Waals surface area contributed by atoms with E-state index in [1.807, 2.05) is 30.3 Å². The molecule has 0 saturated carbocycles. The van der Waals surface area contributed by atoms with Crippen LogP contribution in [0.15, 0.2) is 42.5 Å². The number of hydrogen-bond donors (Lipinski definition) is 3. The molecule has 1 atom stereocenters. The van der Waals surface area contributed by atoms with Gasteiger partial charge in [0.05, 0.1) is 0 Å². The van der Waals surface area contributed by atoms with Gasteiger partial charge in [-0.3, -0.25) is 4.79 Å². The average Bonchev–Trinajstić information content (AvgIpc) is 3.07. The van der Waals surface area contributed by atoms with Gasteiger partial charge in [-0.25, -0.2) is 0 Å². The Morgan fingerprint density at radius 2 is 2.04 bits per heavy atom. The van der Waals surface area contributed by atoms with E-state index in [-0.39, 0.29) is 5.91 Å². The lowest BCUT2D eigenvalue weighted by Crippen LogP contribution is -2.27. The predicted octanol–water partition coefficient (Wildman–Crippen LogP) is 4.39. The lowest BCUT2D eigenvalue weighted by atomic mass is 9.91. The molecule has 5 heteroatoms. The second-order valence-corrected chi connectivity index (χ2v) is 7.57. The third-order valence-electron chi connectivity index (χ3n) is 5.41. The van der Waals surface area contributed by atoms with E-state index in [9.17, 15) is 4.79 Å². The van der Waals surface area contributed by atoms with E-state index < -0.39 is 0 Å². The number of hydrogen-bond acceptors (Lipinski definition) is 2. The highest BCUT2D eigenvalue weighted by Crippen LogP contribution is 2.35. The molecule has 0 saturated heterocycles. The minimum atomic E-state index is -0.0414. The van der Waals surface area contributed by atoms with Crippen molar-refractivity contribution in [1.82, 2.24) is 15.6 Å². The van der Waals surface area contributed by atoms with Crippen LogP contribution in [-0.4, -0.2) is 24.5 Å². The van der Waals surface area contributed by atoms with Gasteiger partial charge in [0, 0.05) is 40.3 Å². The number of halogens is 1. The summed E-state index contributed by atoms with van der Waals surface area (Å²) in [6.45, 7) is 0.921. The zero-order chi connectivity index (χ0) is 18.8. The van der Waals surface area contributed by atoms with Gasteiger partial charge in [0.2, 0.25) is 0 Å². The Labute approximate surface area is 164 Å². The number of amides is 1. The summed E-state index contributed by atoms with van der Waals surface area (Å²) in [6.07, 6.45) is 4.32. The molecule has 140 valence electrons. The smallest absolute Gasteiger partial charge is 0.251 e. The Bertz CT molecular complexity index is 962. The molecule has 2 aromatic carbocycles. The van der Waals surface area contributed by atoms with Crippen molar-refractivity contribution in [2.24, 2.45) is 0 Å². The second-order valence-electron chi connectivity index (χ2n) is 7.13. The number of aromatic nitrogens is 1. The molecule has 1 aliphatic carbocycles. The summed E-state index contributed by atoms with van der Waals surface area (Å²) in [4.78, 5) is 15.6. The summed E-state index contributed by atoms with van der Waals surface area (Å²) in [5.74, 6) is -0.0414. The van der Waals surface area contributed by atoms with Crippen LogP contribution in [0.2, 0.25) is 5.02 Å². The summed E-state index contributed by atoms with van der Waals surface area (Å²) in [5, 5.41) is 8.36. The lowest BCUT2D eigenvalue weighted by molar-refractivity contribution is 0.0963. The van der Waals surface area contributed by atoms with Crippen LogP contribution in [-0.2, 0) is 12.8 Å². The zero-order valence-corrected chi connectivity index (χ0v) is 16.2. The topological polar surface area (TPSA) is 56.9 Å². The lowest BCUT2D eigenvalue weighted by Gasteiger charge is -2.24. The first-order valence-corrected chi connectivity index (χ1v) is 9.88. The van der Waals surface area contributed by atoms with Crippen LogP contribution >= 0.6 is 11.6 Å². The van der Waals surface area contributed by atoms with Gasteiger partial charge in [-0.05, 0) is 73.7 Å². The first-order chi connectivity index (χ1) is 13.2. The molecule has 1 heterocycles. The van der Waals surface area contributed by atoms with E-state index in [1.165, 1.54) is 22.2 Å². The van der Waals surface area contributed by atoms with Crippen molar-refractivity contribution < 1.29 is 4.79 Å². The van der Waals surface area contributed by atoms with Crippen molar-refractivity contribution in [2.75, 3.05) is 13.6 Å². The number of rotatable bonds is 5. The maximum atomic E-state index is 12.0. The number of fused-ring (bicyclic) bond motifs is 3. The number of aromatic amines is 1. The van der Waals surface area contributed by atoms with Crippen LogP contribution in [0.5, 0.6) is 0 Å². The number of benzene rings is 2. The van der Waals surface area contributed by atoms with Gasteiger partial charge in [-0.2, -0.15) is 0 Å². The summed E-state index contributed by atoms with van der Waals surface area (Å²) in [5.41, 5.74) is 5.74. The van der Waals surface area contributed by atoms with Gasteiger partial charge >= 0.3 is 0 Å². The maximum absolute atomic E-state index is 12.0. The van der Waals surface area contributed by atoms with Gasteiger partial charge in [0.25, 0.3) is 5.91 Å². The molecule has 4 nitrogen and oxygen atoms in total. The number of H-pyrrole nitrogens is 1. The number of carbonyl (C=O) groups excluding carboxylic acids is 1. The number of nitrogens with one attached hydrogen (secondary N) is 3. The third kappa shape index (κ3) is 3.73. The molecule has 0 radical (unpaired) electrons. The summed E-state index contributed by atoms with van der Waals surface area (Å²) in [6, 6.07) is 14.3. The van der Waals surface area contributed by atoms with E-state index in [1.54, 1.807) is 7.05 Å². The highest BCUT2D eigenvalue weighted by Gasteiger charge is 2.24. The zero-order valence-electron chi connectivity index (χ0n) is 15.4. The minimum absolute atomic E-state index is 0.0414. The van der Waals surface area contributed by atoms with Crippen LogP contribution < -0.4 is 10.6 Å². The van der Waals surface area contributed by atoms with Gasteiger partial charge < -0.3 is 15.6 Å². The molecule has 1 unspecified atom stereocenters. The summed E-state index contributed by atoms with van der Waals surface area (Å²) < 4.78 is 0. The van der Waals surface area contributed by atoms with Gasteiger partial charge in [0.1, 0.15) is 0 Å². The molecule has 0 spiro atoms. The standard InChI is InChI=1S/C22H24ClN3O/c1-24-22(27)15-7-10-19-18(13-15)17-3-2-4-20(21(17)26-19)25-12-11-14-5-8-16(23)9-6-14/h5-10,13,20,25-26H,2-4,11-12H2,1H3,(H,24,27). The molecular formula is C22H24ClN3O. The Morgan fingerprint density at radius 1 is 1.22 bits per heavy atom. The van der Waals surface area contributed by atoms with Crippen molar-refractivity contribution in [3.8, 4) is 0 Å². The van der Waals surface area contributed by atoms with E-state index >= 15 is 0 Å². The molecule has 0 fully saturated rings. The Kier molecular flexibility index (Phi) is 5.19. The first-order valence-electron chi connectivity index (χ1n) is 9.50. The van der Waals surface area contributed by atoms with Gasteiger partial charge in [-0.1, -0.05) is 23.7 Å². The Hall–Kier alpha value is -2.30. The molecule has 4 rings (SSSR count). The van der Waals surface area contributed by atoms with Crippen LogP contribution in [0.3, 0.4) is 0 Å². The summed E-state index contributed by atoms with van der Waals surface area (Å²) in [7, 11) is 1.67. The van der Waals surface area contributed by atoms with Crippen molar-refractivity contribution in [2.45, 2.75) is 31.7 Å². The first kappa shape index (κ1) is 18.1. The maximum Gasteiger partial charge on any atom is 0.251 e. The van der Waals surface area contributed by atoms with Crippen LogP contribution in [0.1, 0.15) is 46.1 Å². The highest BCUT2D eigenvalue weighted by molar-refractivity contribution is 6.30. The third-order valence-corrected chi connectivity index (χ3v) is 5.67. The normalized spacial score (nSPS) is 16.3. The minimum Gasteiger partial charge on any atom is -0.357 e. The Morgan fingerprint density at radius 3 is 2.81 bits per heavy atom. The van der Waals surface area contributed by atoms with E-state index in [0.717, 1.165) is 42.8 Å². The van der Waals surface area contributed by atoms with E-state index in [2.05, 4.69) is 27.8 Å². The quantitative estimate of drug-likeness (QED) is 0.613. The average molecular weight is 382 g/mol. The fourth-order valence-corrected chi connectivity index (χ4v) is 4.12. The fraction of sp³-hybridized carbons (Fsp3) is 0.318. The molecule has 0 aliphatic heterocycles. The molecule has 3 aromatic rings. The van der Waals surface area contributed by atoms with Crippen LogP contribution in [0.4, 0.5) is 0 Å². The largest absolute Gasteiger partial charge is 0.357 e. The second kappa shape index (κ2) is 7.75. The number of aryl methyl sites for hydroxylation is 1. The van der Waals surface area contributed by atoms with Crippen molar-refractivity contribution in [1.29, 1.82) is 0 Å². The Balaban J connectivity index is 1.52. The SMILES string of the molecule is CNC(=O)c1ccc2[nH]c3c(c2c1)CCCC3NCCc1ccc(Cl)cc1. The molecule has 1 aromatic heterocycles. The van der Waals surface area contributed by atoms with E-state index in [0.29, 0.717) is 11.6 Å². The molecule has 1 aliphatic rings. The van der Waals surface area contributed by atoms with Crippen LogP contribution in [0.25, 0.3) is 10.9 Å². The molecule has 27 heavy (non-hydrogen) atoms. The van der Waals surface area contributed by atoms with Crippen molar-refractivity contribution >= 4 is 28.4 Å². The van der Waals surface area contributed by atoms with Gasteiger partial charge in [0.15, 0.2) is 0 Å². The number of carbonyl (C=O) groups is 1. The highest BCUT2D eigenvalue weighted by atomic mass is 35.5. The van der Waals surface area contributed by atoms with E-state index in [4.69, 9.17) is 11.6 Å². The molecule has 3 N–H and O–H groups in total. The van der Waals surface area contributed by atoms with Crippen molar-refractivity contribution in [3.63, 3.8) is 0 Å². The molecule has 1 amide bonds. The van der Waals surface area contributed by atoms with Crippen LogP contribution in [0, 0.1) is 0 Å².